The van der Waals surface area contributed by atoms with E-state index in [2.05, 4.69) is 22.4 Å². The first-order valence-electron chi connectivity index (χ1n) is 8.11. The first kappa shape index (κ1) is 17.5. The van der Waals surface area contributed by atoms with Crippen LogP contribution in [0.4, 0.5) is 0 Å². The minimum atomic E-state index is 0.290. The Morgan fingerprint density at radius 3 is 2.84 bits per heavy atom. The lowest BCUT2D eigenvalue weighted by molar-refractivity contribution is 0.306. The molecule has 0 amide bonds. The van der Waals surface area contributed by atoms with Gasteiger partial charge in [0.15, 0.2) is 5.82 Å². The predicted molar refractivity (Wildman–Crippen MR) is 97.7 cm³/mol. The fourth-order valence-corrected chi connectivity index (χ4v) is 2.56. The van der Waals surface area contributed by atoms with Gasteiger partial charge in [0.1, 0.15) is 12.4 Å². The van der Waals surface area contributed by atoms with Gasteiger partial charge < -0.3 is 14.6 Å². The van der Waals surface area contributed by atoms with Gasteiger partial charge in [-0.15, -0.1) is 0 Å². The number of halogens is 1. The van der Waals surface area contributed by atoms with E-state index in [0.29, 0.717) is 29.8 Å². The highest BCUT2D eigenvalue weighted by molar-refractivity contribution is 6.30. The summed E-state index contributed by atoms with van der Waals surface area (Å²) in [6.07, 6.45) is 0.713. The molecular formula is C19H20ClN3O2. The molecule has 6 heteroatoms. The van der Waals surface area contributed by atoms with Crippen LogP contribution in [0.25, 0.3) is 11.5 Å². The van der Waals surface area contributed by atoms with Crippen molar-refractivity contribution in [3.05, 3.63) is 64.9 Å². The molecular weight excluding hydrogens is 338 g/mol. The van der Waals surface area contributed by atoms with Gasteiger partial charge in [-0.1, -0.05) is 35.0 Å². The zero-order chi connectivity index (χ0) is 17.6. The molecule has 1 unspecified atom stereocenters. The molecule has 5 nitrogen and oxygen atoms in total. The molecule has 3 aromatic rings. The minimum Gasteiger partial charge on any atom is -0.489 e. The highest BCUT2D eigenvalue weighted by Gasteiger charge is 2.12. The minimum absolute atomic E-state index is 0.290. The molecule has 130 valence electrons. The van der Waals surface area contributed by atoms with Crippen LogP contribution in [-0.2, 0) is 13.0 Å². The molecule has 1 N–H and O–H groups in total. The Hall–Kier alpha value is -2.37. The number of ether oxygens (including phenoxy) is 1. The average Bonchev–Trinajstić information content (AvgIpc) is 3.09. The quantitative estimate of drug-likeness (QED) is 0.689. The van der Waals surface area contributed by atoms with E-state index in [1.54, 1.807) is 0 Å². The Bertz CT molecular complexity index is 835. The van der Waals surface area contributed by atoms with Crippen molar-refractivity contribution < 1.29 is 9.26 Å². The summed E-state index contributed by atoms with van der Waals surface area (Å²) in [5, 5.41) is 7.89. The number of hydrogen-bond donors (Lipinski definition) is 1. The van der Waals surface area contributed by atoms with Crippen molar-refractivity contribution in [3.63, 3.8) is 0 Å². The van der Waals surface area contributed by atoms with Crippen molar-refractivity contribution in [1.29, 1.82) is 0 Å². The molecule has 0 saturated heterocycles. The standard InChI is InChI=1S/C19H20ClN3O2/c1-13(21-2)9-18-22-19(25-23-18)15-6-4-8-17(11-15)24-12-14-5-3-7-16(20)10-14/h3-8,10-11,13,21H,9,12H2,1-2H3. The molecule has 0 radical (unpaired) electrons. The lowest BCUT2D eigenvalue weighted by Gasteiger charge is -2.07. The van der Waals surface area contributed by atoms with Crippen molar-refractivity contribution in [1.82, 2.24) is 15.5 Å². The molecule has 0 aliphatic rings. The number of nitrogens with zero attached hydrogens (tertiary/aromatic N) is 2. The lowest BCUT2D eigenvalue weighted by Crippen LogP contribution is -2.24. The number of hydrogen-bond acceptors (Lipinski definition) is 5. The van der Waals surface area contributed by atoms with Crippen LogP contribution in [0.1, 0.15) is 18.3 Å². The third kappa shape index (κ3) is 4.81. The Labute approximate surface area is 152 Å². The Balaban J connectivity index is 1.69. The molecule has 0 aliphatic carbocycles. The van der Waals surface area contributed by atoms with Crippen LogP contribution in [0.15, 0.2) is 53.1 Å². The van der Waals surface area contributed by atoms with Gasteiger partial charge in [-0.2, -0.15) is 4.98 Å². The highest BCUT2D eigenvalue weighted by atomic mass is 35.5. The van der Waals surface area contributed by atoms with E-state index in [9.17, 15) is 0 Å². The van der Waals surface area contributed by atoms with E-state index in [4.69, 9.17) is 20.9 Å². The lowest BCUT2D eigenvalue weighted by atomic mass is 10.2. The van der Waals surface area contributed by atoms with Crippen LogP contribution in [-0.4, -0.2) is 23.2 Å². The zero-order valence-corrected chi connectivity index (χ0v) is 15.0. The summed E-state index contributed by atoms with van der Waals surface area (Å²) in [4.78, 5) is 4.45. The molecule has 0 aliphatic heterocycles. The van der Waals surface area contributed by atoms with Gasteiger partial charge in [-0.3, -0.25) is 0 Å². The van der Waals surface area contributed by atoms with Gasteiger partial charge in [0, 0.05) is 23.0 Å². The number of likely N-dealkylation sites (N-methyl/N-ethyl adjacent to an activating group) is 1. The summed E-state index contributed by atoms with van der Waals surface area (Å²) in [6, 6.07) is 15.5. The van der Waals surface area contributed by atoms with Gasteiger partial charge >= 0.3 is 0 Å². The molecule has 1 aromatic heterocycles. The summed E-state index contributed by atoms with van der Waals surface area (Å²) < 4.78 is 11.2. The second-order valence-electron chi connectivity index (χ2n) is 5.86. The maximum absolute atomic E-state index is 5.99. The van der Waals surface area contributed by atoms with E-state index in [-0.39, 0.29) is 6.04 Å². The second-order valence-corrected chi connectivity index (χ2v) is 6.29. The SMILES string of the molecule is CNC(C)Cc1noc(-c2cccc(OCc3cccc(Cl)c3)c2)n1. The molecule has 25 heavy (non-hydrogen) atoms. The average molecular weight is 358 g/mol. The number of rotatable bonds is 7. The van der Waals surface area contributed by atoms with Gasteiger partial charge in [-0.25, -0.2) is 0 Å². The molecule has 0 fully saturated rings. The number of benzene rings is 2. The molecule has 1 atom stereocenters. The molecule has 1 heterocycles. The van der Waals surface area contributed by atoms with Crippen LogP contribution >= 0.6 is 11.6 Å². The fourth-order valence-electron chi connectivity index (χ4n) is 2.34. The Morgan fingerprint density at radius 2 is 2.04 bits per heavy atom. The third-order valence-corrected chi connectivity index (χ3v) is 4.06. The zero-order valence-electron chi connectivity index (χ0n) is 14.2. The van der Waals surface area contributed by atoms with Crippen molar-refractivity contribution in [2.24, 2.45) is 0 Å². The van der Waals surface area contributed by atoms with Crippen molar-refractivity contribution in [2.75, 3.05) is 7.05 Å². The molecule has 2 aromatic carbocycles. The summed E-state index contributed by atoms with van der Waals surface area (Å²) in [5.41, 5.74) is 1.85. The summed E-state index contributed by atoms with van der Waals surface area (Å²) in [7, 11) is 1.91. The monoisotopic (exact) mass is 357 g/mol. The number of nitrogens with one attached hydrogen (secondary N) is 1. The van der Waals surface area contributed by atoms with E-state index < -0.39 is 0 Å². The summed E-state index contributed by atoms with van der Waals surface area (Å²) in [6.45, 7) is 2.51. The number of aromatic nitrogens is 2. The molecule has 3 rings (SSSR count). The van der Waals surface area contributed by atoms with Crippen LogP contribution < -0.4 is 10.1 Å². The van der Waals surface area contributed by atoms with Gasteiger partial charge in [-0.05, 0) is 49.9 Å². The first-order valence-corrected chi connectivity index (χ1v) is 8.49. The molecule has 0 saturated carbocycles. The normalized spacial score (nSPS) is 12.1. The van der Waals surface area contributed by atoms with Gasteiger partial charge in [0.25, 0.3) is 5.89 Å². The maximum atomic E-state index is 5.99. The van der Waals surface area contributed by atoms with E-state index >= 15 is 0 Å². The van der Waals surface area contributed by atoms with E-state index in [1.165, 1.54) is 0 Å². The Kier molecular flexibility index (Phi) is 5.68. The highest BCUT2D eigenvalue weighted by Crippen LogP contribution is 2.23. The second kappa shape index (κ2) is 8.14. The topological polar surface area (TPSA) is 60.2 Å². The molecule has 0 spiro atoms. The van der Waals surface area contributed by atoms with E-state index in [1.807, 2.05) is 55.6 Å². The van der Waals surface area contributed by atoms with Crippen molar-refractivity contribution >= 4 is 11.6 Å². The van der Waals surface area contributed by atoms with Crippen LogP contribution in [0.3, 0.4) is 0 Å². The van der Waals surface area contributed by atoms with E-state index in [0.717, 1.165) is 16.9 Å². The summed E-state index contributed by atoms with van der Waals surface area (Å²) in [5.74, 6) is 1.91. The van der Waals surface area contributed by atoms with Crippen molar-refractivity contribution in [3.8, 4) is 17.2 Å². The largest absolute Gasteiger partial charge is 0.489 e. The third-order valence-electron chi connectivity index (χ3n) is 3.83. The van der Waals surface area contributed by atoms with Gasteiger partial charge in [0.2, 0.25) is 0 Å². The summed E-state index contributed by atoms with van der Waals surface area (Å²) >= 11 is 5.99. The Morgan fingerprint density at radius 1 is 1.20 bits per heavy atom. The predicted octanol–water partition coefficient (Wildman–Crippen LogP) is 4.12. The van der Waals surface area contributed by atoms with Gasteiger partial charge in [0.05, 0.1) is 0 Å². The first-order chi connectivity index (χ1) is 12.1. The molecule has 0 bridgehead atoms. The maximum Gasteiger partial charge on any atom is 0.258 e. The van der Waals surface area contributed by atoms with Crippen LogP contribution in [0, 0.1) is 0 Å². The fraction of sp³-hybridized carbons (Fsp3) is 0.263. The smallest absolute Gasteiger partial charge is 0.258 e. The van der Waals surface area contributed by atoms with Crippen LogP contribution in [0.5, 0.6) is 5.75 Å². The van der Waals surface area contributed by atoms with Crippen molar-refractivity contribution in [2.45, 2.75) is 26.0 Å². The van der Waals surface area contributed by atoms with Crippen LogP contribution in [0.2, 0.25) is 5.02 Å².